The van der Waals surface area contributed by atoms with Gasteiger partial charge < -0.3 is 5.32 Å². The highest BCUT2D eigenvalue weighted by atomic mass is 32.1. The van der Waals surface area contributed by atoms with Crippen molar-refractivity contribution in [3.8, 4) is 0 Å². The van der Waals surface area contributed by atoms with E-state index in [1.165, 1.54) is 23.3 Å². The molecule has 1 saturated heterocycles. The van der Waals surface area contributed by atoms with Gasteiger partial charge in [-0.15, -0.1) is 11.3 Å². The van der Waals surface area contributed by atoms with Gasteiger partial charge in [0.15, 0.2) is 5.65 Å². The number of hydrogen-bond donors (Lipinski definition) is 1. The number of rotatable bonds is 5. The van der Waals surface area contributed by atoms with Crippen molar-refractivity contribution < 1.29 is 0 Å². The molecule has 7 nitrogen and oxygen atoms in total. The molecule has 144 valence electrons. The van der Waals surface area contributed by atoms with Crippen molar-refractivity contribution in [1.82, 2.24) is 29.5 Å². The van der Waals surface area contributed by atoms with Gasteiger partial charge in [0.25, 0.3) is 0 Å². The van der Waals surface area contributed by atoms with Crippen molar-refractivity contribution in [2.24, 2.45) is 0 Å². The van der Waals surface area contributed by atoms with Gasteiger partial charge in [-0.25, -0.2) is 19.5 Å². The Kier molecular flexibility index (Phi) is 4.44. The highest BCUT2D eigenvalue weighted by Gasteiger charge is 2.18. The van der Waals surface area contributed by atoms with Crippen LogP contribution in [0.5, 0.6) is 0 Å². The second kappa shape index (κ2) is 7.10. The molecule has 1 N–H and O–H groups in total. The minimum Gasteiger partial charge on any atom is -0.364 e. The van der Waals surface area contributed by atoms with E-state index in [-0.39, 0.29) is 0 Å². The van der Waals surface area contributed by atoms with E-state index in [2.05, 4.69) is 34.1 Å². The number of anilines is 1. The van der Waals surface area contributed by atoms with Gasteiger partial charge in [0.05, 0.1) is 30.4 Å². The van der Waals surface area contributed by atoms with Gasteiger partial charge in [0, 0.05) is 17.1 Å². The molecule has 5 rings (SSSR count). The lowest BCUT2D eigenvalue weighted by atomic mass is 10.2. The first-order valence-corrected chi connectivity index (χ1v) is 10.5. The zero-order valence-corrected chi connectivity index (χ0v) is 17.0. The fraction of sp³-hybridized carbons (Fsp3) is 0.400. The van der Waals surface area contributed by atoms with Crippen molar-refractivity contribution >= 4 is 33.0 Å². The maximum Gasteiger partial charge on any atom is 0.155 e. The summed E-state index contributed by atoms with van der Waals surface area (Å²) in [4.78, 5) is 18.9. The monoisotopic (exact) mass is 393 g/mol. The maximum atomic E-state index is 4.92. The van der Waals surface area contributed by atoms with Crippen LogP contribution in [0.4, 0.5) is 5.82 Å². The van der Waals surface area contributed by atoms with Gasteiger partial charge in [-0.1, -0.05) is 0 Å². The van der Waals surface area contributed by atoms with Crippen molar-refractivity contribution in [2.45, 2.75) is 39.8 Å². The summed E-state index contributed by atoms with van der Waals surface area (Å²) >= 11 is 1.75. The summed E-state index contributed by atoms with van der Waals surface area (Å²) < 4.78 is 1.86. The summed E-state index contributed by atoms with van der Waals surface area (Å²) in [6.45, 7) is 8.04. The van der Waals surface area contributed by atoms with Crippen LogP contribution in [0.25, 0.3) is 15.9 Å². The van der Waals surface area contributed by atoms with E-state index in [9.17, 15) is 0 Å². The van der Waals surface area contributed by atoms with E-state index in [1.54, 1.807) is 17.5 Å². The quantitative estimate of drug-likeness (QED) is 0.559. The Morgan fingerprint density at radius 2 is 1.96 bits per heavy atom. The normalized spacial score (nSPS) is 15.1. The van der Waals surface area contributed by atoms with Crippen LogP contribution in [0.3, 0.4) is 0 Å². The van der Waals surface area contributed by atoms with Crippen molar-refractivity contribution in [3.05, 3.63) is 46.5 Å². The highest BCUT2D eigenvalue weighted by molar-refractivity contribution is 7.18. The molecule has 0 amide bonds. The summed E-state index contributed by atoms with van der Waals surface area (Å²) in [6, 6.07) is 3.90. The van der Waals surface area contributed by atoms with E-state index in [4.69, 9.17) is 9.97 Å². The Labute approximate surface area is 167 Å². The lowest BCUT2D eigenvalue weighted by Gasteiger charge is -2.15. The van der Waals surface area contributed by atoms with E-state index in [0.717, 1.165) is 52.8 Å². The minimum atomic E-state index is 0.629. The van der Waals surface area contributed by atoms with Crippen molar-refractivity contribution in [1.29, 1.82) is 0 Å². The Bertz CT molecular complexity index is 1140. The molecule has 0 bridgehead atoms. The summed E-state index contributed by atoms with van der Waals surface area (Å²) in [5.74, 6) is 1.82. The first kappa shape index (κ1) is 17.5. The van der Waals surface area contributed by atoms with Crippen LogP contribution in [0.2, 0.25) is 0 Å². The molecule has 0 unspecified atom stereocenters. The van der Waals surface area contributed by atoms with Gasteiger partial charge in [-0.05, 0) is 51.4 Å². The first-order valence-electron chi connectivity index (χ1n) is 9.69. The first-order chi connectivity index (χ1) is 13.7. The highest BCUT2D eigenvalue weighted by Crippen LogP contribution is 2.33. The maximum absolute atomic E-state index is 4.92. The number of fused-ring (bicyclic) bond motifs is 2. The van der Waals surface area contributed by atoms with Crippen molar-refractivity contribution in [2.75, 3.05) is 18.4 Å². The number of nitrogens with zero attached hydrogens (tertiary/aromatic N) is 6. The predicted octanol–water partition coefficient (Wildman–Crippen LogP) is 3.56. The van der Waals surface area contributed by atoms with Gasteiger partial charge in [0.2, 0.25) is 0 Å². The third-order valence-electron chi connectivity index (χ3n) is 5.44. The molecule has 1 fully saturated rings. The third-order valence-corrected chi connectivity index (χ3v) is 6.55. The largest absolute Gasteiger partial charge is 0.364 e. The average molecular weight is 394 g/mol. The SMILES string of the molecule is Cc1sc2nc(CN3CCCC3)nc(NCc3ccnc4ccnn34)c2c1C. The molecule has 0 atom stereocenters. The van der Waals surface area contributed by atoms with Crippen LogP contribution in [-0.4, -0.2) is 42.6 Å². The number of likely N-dealkylation sites (tertiary alicyclic amines) is 1. The molecule has 4 aromatic heterocycles. The zero-order chi connectivity index (χ0) is 19.1. The lowest BCUT2D eigenvalue weighted by molar-refractivity contribution is 0.323. The molecule has 0 aromatic carbocycles. The van der Waals surface area contributed by atoms with Gasteiger partial charge in [0.1, 0.15) is 16.5 Å². The summed E-state index contributed by atoms with van der Waals surface area (Å²) in [7, 11) is 0. The molecule has 8 heteroatoms. The molecule has 4 aromatic rings. The number of aryl methyl sites for hydroxylation is 2. The van der Waals surface area contributed by atoms with E-state index in [0.29, 0.717) is 6.54 Å². The predicted molar refractivity (Wildman–Crippen MR) is 112 cm³/mol. The molecule has 5 heterocycles. The standard InChI is InChI=1S/C20H23N7S/c1-13-14(2)28-20-18(13)19(24-16(25-20)12-26-9-3-4-10-26)22-11-15-5-7-21-17-6-8-23-27(15)17/h5-8H,3-4,9-12H2,1-2H3,(H,22,24,25). The molecule has 1 aliphatic heterocycles. The number of nitrogens with one attached hydrogen (secondary N) is 1. The second-order valence-corrected chi connectivity index (χ2v) is 8.53. The molecule has 1 aliphatic rings. The zero-order valence-electron chi connectivity index (χ0n) is 16.1. The van der Waals surface area contributed by atoms with E-state index in [1.807, 2.05) is 22.8 Å². The van der Waals surface area contributed by atoms with Crippen LogP contribution < -0.4 is 5.32 Å². The van der Waals surface area contributed by atoms with E-state index < -0.39 is 0 Å². The Balaban J connectivity index is 1.50. The fourth-order valence-electron chi connectivity index (χ4n) is 3.83. The van der Waals surface area contributed by atoms with Crippen LogP contribution in [-0.2, 0) is 13.1 Å². The Morgan fingerprint density at radius 3 is 2.82 bits per heavy atom. The van der Waals surface area contributed by atoms with Crippen LogP contribution >= 0.6 is 11.3 Å². The molecule has 0 saturated carbocycles. The second-order valence-electron chi connectivity index (χ2n) is 7.33. The molecule has 28 heavy (non-hydrogen) atoms. The third kappa shape index (κ3) is 3.12. The number of aromatic nitrogens is 5. The summed E-state index contributed by atoms with van der Waals surface area (Å²) in [5, 5.41) is 9.07. The number of thiophene rings is 1. The fourth-order valence-corrected chi connectivity index (χ4v) is 4.87. The topological polar surface area (TPSA) is 71.2 Å². The molecular formula is C20H23N7S. The summed E-state index contributed by atoms with van der Waals surface area (Å²) in [5.41, 5.74) is 3.16. The van der Waals surface area contributed by atoms with Gasteiger partial charge in [-0.2, -0.15) is 5.10 Å². The molecule has 0 spiro atoms. The smallest absolute Gasteiger partial charge is 0.155 e. The average Bonchev–Trinajstić information content (AvgIpc) is 3.42. The van der Waals surface area contributed by atoms with Gasteiger partial charge >= 0.3 is 0 Å². The summed E-state index contributed by atoms with van der Waals surface area (Å²) in [6.07, 6.45) is 6.14. The van der Waals surface area contributed by atoms with Crippen LogP contribution in [0.15, 0.2) is 24.5 Å². The Hall–Kier alpha value is -2.58. The Morgan fingerprint density at radius 1 is 1.11 bits per heavy atom. The molecular weight excluding hydrogens is 370 g/mol. The minimum absolute atomic E-state index is 0.629. The van der Waals surface area contributed by atoms with Crippen molar-refractivity contribution in [3.63, 3.8) is 0 Å². The van der Waals surface area contributed by atoms with Crippen LogP contribution in [0.1, 0.15) is 34.8 Å². The lowest BCUT2D eigenvalue weighted by Crippen LogP contribution is -2.20. The number of hydrogen-bond acceptors (Lipinski definition) is 7. The van der Waals surface area contributed by atoms with Crippen LogP contribution in [0, 0.1) is 13.8 Å². The molecule has 0 aliphatic carbocycles. The van der Waals surface area contributed by atoms with Gasteiger partial charge in [-0.3, -0.25) is 4.90 Å². The van der Waals surface area contributed by atoms with E-state index >= 15 is 0 Å². The molecule has 0 radical (unpaired) electrons.